The van der Waals surface area contributed by atoms with Gasteiger partial charge < -0.3 is 15.4 Å². The molecule has 0 fully saturated rings. The lowest BCUT2D eigenvalue weighted by molar-refractivity contribution is 0.0952. The largest absolute Gasteiger partial charge is 0.497 e. The minimum Gasteiger partial charge on any atom is -0.497 e. The van der Waals surface area contributed by atoms with Gasteiger partial charge in [0.25, 0.3) is 5.91 Å². The fourth-order valence-electron chi connectivity index (χ4n) is 2.60. The number of ether oxygens (including phenoxy) is 1. The van der Waals surface area contributed by atoms with Crippen molar-refractivity contribution < 1.29 is 9.53 Å². The number of carbonyl (C=O) groups is 1. The average molecular weight is 376 g/mol. The molecule has 0 unspecified atom stereocenters. The quantitative estimate of drug-likeness (QED) is 0.626. The molecular weight excluding hydrogens is 356 g/mol. The molecule has 27 heavy (non-hydrogen) atoms. The second-order valence-corrected chi connectivity index (χ2v) is 6.30. The molecule has 4 nitrogen and oxygen atoms in total. The van der Waals surface area contributed by atoms with Gasteiger partial charge in [-0.15, -0.1) is 0 Å². The molecule has 3 aromatic rings. The van der Waals surface area contributed by atoms with Gasteiger partial charge in [-0.05, 0) is 42.0 Å². The number of nitrogens with one attached hydrogen (secondary N) is 2. The van der Waals surface area contributed by atoms with E-state index in [9.17, 15) is 4.79 Å². The van der Waals surface area contributed by atoms with Crippen LogP contribution in [-0.4, -0.2) is 18.0 Å². The van der Waals surface area contributed by atoms with Gasteiger partial charge in [0.2, 0.25) is 0 Å². The van der Waals surface area contributed by atoms with E-state index in [0.717, 1.165) is 16.9 Å². The lowest BCUT2D eigenvalue weighted by Gasteiger charge is -2.13. The molecule has 5 heteroatoms. The Labute approximate surface area is 164 Å². The van der Waals surface area contributed by atoms with E-state index in [1.807, 2.05) is 72.8 Å². The van der Waals surface area contributed by atoms with Crippen molar-refractivity contribution in [1.82, 2.24) is 5.32 Å². The first-order chi connectivity index (χ1) is 13.2. The number of thiocarbonyl (C=S) groups is 1. The number of hydrogen-bond acceptors (Lipinski definition) is 3. The smallest absolute Gasteiger partial charge is 0.253 e. The molecule has 0 heterocycles. The van der Waals surface area contributed by atoms with Crippen molar-refractivity contribution >= 4 is 28.8 Å². The summed E-state index contributed by atoms with van der Waals surface area (Å²) in [5.41, 5.74) is 3.11. The molecule has 1 amide bonds. The summed E-state index contributed by atoms with van der Waals surface area (Å²) in [6.45, 7) is 0.469. The standard InChI is InChI=1S/C22H20N2O2S/c1-26-18-13-11-17(12-14-18)22(27)24-20-10-6-5-9-19(20)21(25)23-15-16-7-3-2-4-8-16/h2-14H,15H2,1H3,(H,23,25)(H,24,27). The lowest BCUT2D eigenvalue weighted by atomic mass is 10.1. The fraction of sp³-hybridized carbons (Fsp3) is 0.0909. The normalized spacial score (nSPS) is 10.1. The maximum Gasteiger partial charge on any atom is 0.253 e. The Morgan fingerprint density at radius 2 is 1.59 bits per heavy atom. The molecule has 0 saturated heterocycles. The number of carbonyl (C=O) groups excluding carboxylic acids is 1. The summed E-state index contributed by atoms with van der Waals surface area (Å²) in [7, 11) is 1.62. The molecular formula is C22H20N2O2S. The third kappa shape index (κ3) is 4.92. The zero-order valence-electron chi connectivity index (χ0n) is 14.9. The Morgan fingerprint density at radius 1 is 0.926 bits per heavy atom. The number of hydrogen-bond donors (Lipinski definition) is 2. The van der Waals surface area contributed by atoms with E-state index in [-0.39, 0.29) is 5.91 Å². The predicted molar refractivity (Wildman–Crippen MR) is 112 cm³/mol. The van der Waals surface area contributed by atoms with Crippen molar-refractivity contribution in [1.29, 1.82) is 0 Å². The summed E-state index contributed by atoms with van der Waals surface area (Å²) in [5.74, 6) is 0.613. The molecule has 0 aliphatic carbocycles. The molecule has 3 rings (SSSR count). The van der Waals surface area contributed by atoms with Gasteiger partial charge >= 0.3 is 0 Å². The van der Waals surface area contributed by atoms with E-state index in [2.05, 4.69) is 10.6 Å². The highest BCUT2D eigenvalue weighted by Gasteiger charge is 2.12. The van der Waals surface area contributed by atoms with Gasteiger partial charge in [0.15, 0.2) is 0 Å². The number of para-hydroxylation sites is 1. The maximum absolute atomic E-state index is 12.6. The molecule has 0 radical (unpaired) electrons. The van der Waals surface area contributed by atoms with Crippen LogP contribution >= 0.6 is 12.2 Å². The first-order valence-electron chi connectivity index (χ1n) is 8.54. The van der Waals surface area contributed by atoms with Crippen molar-refractivity contribution in [3.8, 4) is 5.75 Å². The number of benzene rings is 3. The Balaban J connectivity index is 1.71. The van der Waals surface area contributed by atoms with Gasteiger partial charge in [-0.2, -0.15) is 0 Å². The molecule has 136 valence electrons. The van der Waals surface area contributed by atoms with Gasteiger partial charge in [-0.1, -0.05) is 54.7 Å². The zero-order valence-corrected chi connectivity index (χ0v) is 15.8. The van der Waals surface area contributed by atoms with Crippen LogP contribution in [0, 0.1) is 0 Å². The Kier molecular flexibility index (Phi) is 6.18. The van der Waals surface area contributed by atoms with E-state index >= 15 is 0 Å². The average Bonchev–Trinajstić information content (AvgIpc) is 2.73. The molecule has 0 aromatic heterocycles. The maximum atomic E-state index is 12.6. The molecule has 0 aliphatic heterocycles. The van der Waals surface area contributed by atoms with Gasteiger partial charge in [-0.25, -0.2) is 0 Å². The monoisotopic (exact) mass is 376 g/mol. The van der Waals surface area contributed by atoms with Crippen LogP contribution in [0.25, 0.3) is 0 Å². The van der Waals surface area contributed by atoms with Crippen LogP contribution in [0.4, 0.5) is 5.69 Å². The number of anilines is 1. The number of rotatable bonds is 6. The molecule has 0 spiro atoms. The summed E-state index contributed by atoms with van der Waals surface area (Å²) in [6.07, 6.45) is 0. The van der Waals surface area contributed by atoms with Crippen LogP contribution in [0.3, 0.4) is 0 Å². The summed E-state index contributed by atoms with van der Waals surface area (Å²) in [6, 6.07) is 24.6. The van der Waals surface area contributed by atoms with Crippen LogP contribution < -0.4 is 15.4 Å². The van der Waals surface area contributed by atoms with E-state index in [1.54, 1.807) is 13.2 Å². The molecule has 2 N–H and O–H groups in total. The Morgan fingerprint density at radius 3 is 2.30 bits per heavy atom. The summed E-state index contributed by atoms with van der Waals surface area (Å²) in [4.78, 5) is 13.2. The molecule has 3 aromatic carbocycles. The third-order valence-corrected chi connectivity index (χ3v) is 4.41. The van der Waals surface area contributed by atoms with Gasteiger partial charge in [0, 0.05) is 12.1 Å². The molecule has 0 atom stereocenters. The van der Waals surface area contributed by atoms with Crippen LogP contribution in [0.2, 0.25) is 0 Å². The van der Waals surface area contributed by atoms with Gasteiger partial charge in [0.1, 0.15) is 10.7 Å². The van der Waals surface area contributed by atoms with E-state index in [4.69, 9.17) is 17.0 Å². The van der Waals surface area contributed by atoms with Crippen LogP contribution in [0.5, 0.6) is 5.75 Å². The minimum atomic E-state index is -0.153. The van der Waals surface area contributed by atoms with Crippen molar-refractivity contribution in [2.24, 2.45) is 0 Å². The van der Waals surface area contributed by atoms with E-state index in [1.165, 1.54) is 0 Å². The highest BCUT2D eigenvalue weighted by Crippen LogP contribution is 2.18. The summed E-state index contributed by atoms with van der Waals surface area (Å²) < 4.78 is 5.16. The minimum absolute atomic E-state index is 0.153. The third-order valence-electron chi connectivity index (χ3n) is 4.07. The second kappa shape index (κ2) is 8.96. The zero-order chi connectivity index (χ0) is 19.1. The highest BCUT2D eigenvalue weighted by molar-refractivity contribution is 7.81. The van der Waals surface area contributed by atoms with Crippen molar-refractivity contribution in [2.75, 3.05) is 12.4 Å². The summed E-state index contributed by atoms with van der Waals surface area (Å²) in [5, 5.41) is 6.12. The number of methoxy groups -OCH3 is 1. The molecule has 0 aliphatic rings. The van der Waals surface area contributed by atoms with Crippen LogP contribution in [0.15, 0.2) is 78.9 Å². The Bertz CT molecular complexity index is 925. The van der Waals surface area contributed by atoms with Gasteiger partial charge in [-0.3, -0.25) is 4.79 Å². The molecule has 0 saturated carbocycles. The van der Waals surface area contributed by atoms with E-state index in [0.29, 0.717) is 22.8 Å². The van der Waals surface area contributed by atoms with Crippen molar-refractivity contribution in [3.63, 3.8) is 0 Å². The summed E-state index contributed by atoms with van der Waals surface area (Å²) >= 11 is 5.49. The SMILES string of the molecule is COc1ccc(C(=S)Nc2ccccc2C(=O)NCc2ccccc2)cc1. The molecule has 0 bridgehead atoms. The first kappa shape index (κ1) is 18.6. The number of amides is 1. The lowest BCUT2D eigenvalue weighted by Crippen LogP contribution is -2.24. The van der Waals surface area contributed by atoms with Crippen molar-refractivity contribution in [2.45, 2.75) is 6.54 Å². The van der Waals surface area contributed by atoms with Crippen molar-refractivity contribution in [3.05, 3.63) is 95.6 Å². The first-order valence-corrected chi connectivity index (χ1v) is 8.95. The topological polar surface area (TPSA) is 50.4 Å². The van der Waals surface area contributed by atoms with Crippen LogP contribution in [-0.2, 0) is 6.54 Å². The van der Waals surface area contributed by atoms with Gasteiger partial charge in [0.05, 0.1) is 18.4 Å². The Hall–Kier alpha value is -3.18. The van der Waals surface area contributed by atoms with E-state index < -0.39 is 0 Å². The van der Waals surface area contributed by atoms with Crippen LogP contribution in [0.1, 0.15) is 21.5 Å². The fourth-order valence-corrected chi connectivity index (χ4v) is 2.85. The highest BCUT2D eigenvalue weighted by atomic mass is 32.1. The predicted octanol–water partition coefficient (Wildman–Crippen LogP) is 4.41. The second-order valence-electron chi connectivity index (χ2n) is 5.90.